The summed E-state index contributed by atoms with van der Waals surface area (Å²) < 4.78 is 5.07. The van der Waals surface area contributed by atoms with Gasteiger partial charge in [-0.1, -0.05) is 24.8 Å². The molecule has 29 heavy (non-hydrogen) atoms. The molecule has 0 aliphatic carbocycles. The van der Waals surface area contributed by atoms with Gasteiger partial charge in [0.1, 0.15) is 6.61 Å². The first-order valence-electron chi connectivity index (χ1n) is 9.76. The van der Waals surface area contributed by atoms with Crippen LogP contribution in [0.25, 0.3) is 0 Å². The van der Waals surface area contributed by atoms with Gasteiger partial charge < -0.3 is 9.64 Å². The van der Waals surface area contributed by atoms with Crippen LogP contribution in [0.5, 0.6) is 0 Å². The molecule has 6 nitrogen and oxygen atoms in total. The van der Waals surface area contributed by atoms with E-state index in [9.17, 15) is 9.59 Å². The summed E-state index contributed by atoms with van der Waals surface area (Å²) in [5, 5.41) is 0. The van der Waals surface area contributed by atoms with Crippen LogP contribution in [-0.2, 0) is 9.53 Å². The third-order valence-corrected chi connectivity index (χ3v) is 4.68. The number of nitrogens with zero attached hydrogens (tertiary/aromatic N) is 3. The summed E-state index contributed by atoms with van der Waals surface area (Å²) in [5.74, 6) is -0.509. The van der Waals surface area contributed by atoms with Gasteiger partial charge in [0.2, 0.25) is 0 Å². The SMILES string of the molecule is C=CC(=O)OCCN(C(=O)N(C)c1ccc(N(CC)CC)cc1)c1ccccc1. The van der Waals surface area contributed by atoms with Gasteiger partial charge in [-0.2, -0.15) is 0 Å². The third-order valence-electron chi connectivity index (χ3n) is 4.68. The van der Waals surface area contributed by atoms with E-state index in [-0.39, 0.29) is 19.2 Å². The van der Waals surface area contributed by atoms with Crippen molar-refractivity contribution < 1.29 is 14.3 Å². The summed E-state index contributed by atoms with van der Waals surface area (Å²) in [5.41, 5.74) is 2.64. The maximum absolute atomic E-state index is 13.2. The maximum Gasteiger partial charge on any atom is 0.330 e. The van der Waals surface area contributed by atoms with E-state index in [0.29, 0.717) is 0 Å². The summed E-state index contributed by atoms with van der Waals surface area (Å²) in [6, 6.07) is 17.0. The molecule has 0 heterocycles. The molecule has 0 spiro atoms. The van der Waals surface area contributed by atoms with Crippen LogP contribution in [0, 0.1) is 0 Å². The molecule has 6 heteroatoms. The Hall–Kier alpha value is -3.28. The average Bonchev–Trinajstić information content (AvgIpc) is 2.77. The van der Waals surface area contributed by atoms with Crippen molar-refractivity contribution in [2.24, 2.45) is 0 Å². The second-order valence-corrected chi connectivity index (χ2v) is 6.39. The molecule has 0 unspecified atom stereocenters. The van der Waals surface area contributed by atoms with E-state index in [1.54, 1.807) is 16.8 Å². The minimum Gasteiger partial charge on any atom is -0.461 e. The summed E-state index contributed by atoms with van der Waals surface area (Å²) >= 11 is 0. The smallest absolute Gasteiger partial charge is 0.330 e. The second kappa shape index (κ2) is 10.9. The summed E-state index contributed by atoms with van der Waals surface area (Å²) in [4.78, 5) is 30.0. The molecule has 154 valence electrons. The highest BCUT2D eigenvalue weighted by Crippen LogP contribution is 2.23. The fraction of sp³-hybridized carbons (Fsp3) is 0.304. The number of carbonyl (C=O) groups excluding carboxylic acids is 2. The molecule has 2 rings (SSSR count). The van der Waals surface area contributed by atoms with Gasteiger partial charge in [-0.3, -0.25) is 9.80 Å². The summed E-state index contributed by atoms with van der Waals surface area (Å²) in [6.45, 7) is 9.79. The minimum atomic E-state index is -0.509. The van der Waals surface area contributed by atoms with Gasteiger partial charge in [0.15, 0.2) is 0 Å². The zero-order valence-electron chi connectivity index (χ0n) is 17.4. The molecule has 0 N–H and O–H groups in total. The largest absolute Gasteiger partial charge is 0.461 e. The molecule has 0 saturated heterocycles. The monoisotopic (exact) mass is 395 g/mol. The number of esters is 1. The predicted octanol–water partition coefficient (Wildman–Crippen LogP) is 4.32. The van der Waals surface area contributed by atoms with Gasteiger partial charge in [0, 0.05) is 43.3 Å². The van der Waals surface area contributed by atoms with E-state index in [1.165, 1.54) is 0 Å². The quantitative estimate of drug-likeness (QED) is 0.469. The maximum atomic E-state index is 13.2. The van der Waals surface area contributed by atoms with Crippen molar-refractivity contribution in [2.75, 3.05) is 48.0 Å². The second-order valence-electron chi connectivity index (χ2n) is 6.39. The lowest BCUT2D eigenvalue weighted by molar-refractivity contribution is -0.137. The predicted molar refractivity (Wildman–Crippen MR) is 119 cm³/mol. The molecule has 0 aliphatic rings. The van der Waals surface area contributed by atoms with Gasteiger partial charge in [0.05, 0.1) is 6.54 Å². The van der Waals surface area contributed by atoms with E-state index in [2.05, 4.69) is 25.3 Å². The van der Waals surface area contributed by atoms with Crippen LogP contribution >= 0.6 is 0 Å². The van der Waals surface area contributed by atoms with Crippen LogP contribution in [-0.4, -0.2) is 45.3 Å². The van der Waals surface area contributed by atoms with Gasteiger partial charge in [0.25, 0.3) is 0 Å². The Bertz CT molecular complexity index is 802. The Morgan fingerprint density at radius 1 is 0.931 bits per heavy atom. The first-order chi connectivity index (χ1) is 14.0. The van der Waals surface area contributed by atoms with Crippen molar-refractivity contribution in [1.29, 1.82) is 0 Å². The van der Waals surface area contributed by atoms with Crippen LogP contribution in [0.2, 0.25) is 0 Å². The molecule has 0 fully saturated rings. The van der Waals surface area contributed by atoms with Crippen LogP contribution in [0.15, 0.2) is 67.3 Å². The van der Waals surface area contributed by atoms with Crippen LogP contribution in [0.4, 0.5) is 21.9 Å². The van der Waals surface area contributed by atoms with Crippen molar-refractivity contribution in [3.8, 4) is 0 Å². The van der Waals surface area contributed by atoms with Gasteiger partial charge >= 0.3 is 12.0 Å². The van der Waals surface area contributed by atoms with Gasteiger partial charge in [-0.05, 0) is 50.2 Å². The molecule has 0 aromatic heterocycles. The van der Waals surface area contributed by atoms with Gasteiger partial charge in [-0.25, -0.2) is 9.59 Å². The number of ether oxygens (including phenoxy) is 1. The number of carbonyl (C=O) groups is 2. The molecule has 2 aromatic carbocycles. The Balaban J connectivity index is 2.18. The summed E-state index contributed by atoms with van der Waals surface area (Å²) in [6.07, 6.45) is 1.11. The number of amides is 2. The Labute approximate surface area is 173 Å². The number of rotatable bonds is 9. The van der Waals surface area contributed by atoms with Crippen molar-refractivity contribution in [1.82, 2.24) is 0 Å². The lowest BCUT2D eigenvalue weighted by Gasteiger charge is -2.29. The highest BCUT2D eigenvalue weighted by molar-refractivity contribution is 6.03. The van der Waals surface area contributed by atoms with Crippen LogP contribution in [0.1, 0.15) is 13.8 Å². The summed E-state index contributed by atoms with van der Waals surface area (Å²) in [7, 11) is 1.74. The number of anilines is 3. The zero-order chi connectivity index (χ0) is 21.2. The number of hydrogen-bond donors (Lipinski definition) is 0. The van der Waals surface area contributed by atoms with E-state index in [1.807, 2.05) is 54.6 Å². The fourth-order valence-corrected chi connectivity index (χ4v) is 3.01. The normalized spacial score (nSPS) is 10.2. The van der Waals surface area contributed by atoms with Crippen LogP contribution in [0.3, 0.4) is 0 Å². The molecular weight excluding hydrogens is 366 g/mol. The van der Waals surface area contributed by atoms with Crippen LogP contribution < -0.4 is 14.7 Å². The average molecular weight is 396 g/mol. The standard InChI is InChI=1S/C23H29N3O3/c1-5-22(27)29-18-17-26(21-11-9-8-10-12-21)23(28)24(4)19-13-15-20(16-14-19)25(6-2)7-3/h5,8-16H,1,6-7,17-18H2,2-4H3. The Kier molecular flexibility index (Phi) is 8.27. The molecule has 2 aromatic rings. The minimum absolute atomic E-state index is 0.0836. The Morgan fingerprint density at radius 2 is 1.52 bits per heavy atom. The Morgan fingerprint density at radius 3 is 2.07 bits per heavy atom. The van der Waals surface area contributed by atoms with Gasteiger partial charge in [-0.15, -0.1) is 0 Å². The first kappa shape index (κ1) is 22.0. The number of benzene rings is 2. The first-order valence-corrected chi connectivity index (χ1v) is 9.76. The number of urea groups is 1. The zero-order valence-corrected chi connectivity index (χ0v) is 17.4. The fourth-order valence-electron chi connectivity index (χ4n) is 3.01. The molecular formula is C23H29N3O3. The highest BCUT2D eigenvalue weighted by atomic mass is 16.5. The van der Waals surface area contributed by atoms with Crippen molar-refractivity contribution in [2.45, 2.75) is 13.8 Å². The van der Waals surface area contributed by atoms with E-state index < -0.39 is 5.97 Å². The van der Waals surface area contributed by atoms with Crippen molar-refractivity contribution in [3.05, 3.63) is 67.3 Å². The molecule has 0 radical (unpaired) electrons. The van der Waals surface area contributed by atoms with E-state index in [4.69, 9.17) is 4.74 Å². The van der Waals surface area contributed by atoms with E-state index >= 15 is 0 Å². The van der Waals surface area contributed by atoms with Crippen molar-refractivity contribution >= 4 is 29.1 Å². The lowest BCUT2D eigenvalue weighted by Crippen LogP contribution is -2.43. The topological polar surface area (TPSA) is 53.1 Å². The molecule has 0 saturated carbocycles. The number of para-hydroxylation sites is 1. The lowest BCUT2D eigenvalue weighted by atomic mass is 10.2. The molecule has 0 aliphatic heterocycles. The molecule has 2 amide bonds. The van der Waals surface area contributed by atoms with Crippen molar-refractivity contribution in [3.63, 3.8) is 0 Å². The molecule has 0 atom stereocenters. The highest BCUT2D eigenvalue weighted by Gasteiger charge is 2.21. The van der Waals surface area contributed by atoms with E-state index in [0.717, 1.165) is 36.2 Å². The number of hydrogen-bond acceptors (Lipinski definition) is 4. The third kappa shape index (κ3) is 5.85. The molecule has 0 bridgehead atoms.